The van der Waals surface area contributed by atoms with Crippen LogP contribution in [0.2, 0.25) is 5.02 Å². The summed E-state index contributed by atoms with van der Waals surface area (Å²) < 4.78 is 5.68. The van der Waals surface area contributed by atoms with Gasteiger partial charge >= 0.3 is 0 Å². The van der Waals surface area contributed by atoms with Gasteiger partial charge in [-0.05, 0) is 61.9 Å². The fourth-order valence-electron chi connectivity index (χ4n) is 3.54. The van der Waals surface area contributed by atoms with Crippen molar-refractivity contribution in [2.45, 2.75) is 20.8 Å². The Balaban J connectivity index is 1.66. The first-order chi connectivity index (χ1) is 13.4. The summed E-state index contributed by atoms with van der Waals surface area (Å²) in [4.78, 5) is 17.2. The predicted molar refractivity (Wildman–Crippen MR) is 116 cm³/mol. The number of nitrogens with zero attached hydrogens (tertiary/aromatic N) is 2. The summed E-state index contributed by atoms with van der Waals surface area (Å²) in [5, 5.41) is 3.57. The van der Waals surface area contributed by atoms with Gasteiger partial charge in [-0.25, -0.2) is 0 Å². The first-order valence-electron chi connectivity index (χ1n) is 9.72. The first kappa shape index (κ1) is 20.5. The molecule has 6 heteroatoms. The zero-order valence-electron chi connectivity index (χ0n) is 16.8. The van der Waals surface area contributed by atoms with E-state index in [1.54, 1.807) is 6.07 Å². The Hall–Kier alpha value is -2.24. The third-order valence-corrected chi connectivity index (χ3v) is 5.19. The lowest BCUT2D eigenvalue weighted by atomic mass is 10.1. The second-order valence-electron chi connectivity index (χ2n) is 7.24. The van der Waals surface area contributed by atoms with E-state index in [9.17, 15) is 4.79 Å². The second kappa shape index (κ2) is 9.30. The minimum Gasteiger partial charge on any atom is -0.484 e. The zero-order chi connectivity index (χ0) is 20.1. The van der Waals surface area contributed by atoms with Crippen LogP contribution in [0.15, 0.2) is 36.4 Å². The van der Waals surface area contributed by atoms with E-state index in [4.69, 9.17) is 16.3 Å². The van der Waals surface area contributed by atoms with Crippen LogP contribution >= 0.6 is 11.6 Å². The lowest BCUT2D eigenvalue weighted by Gasteiger charge is -2.36. The summed E-state index contributed by atoms with van der Waals surface area (Å²) in [6.45, 7) is 11.1. The number of aryl methyl sites for hydroxylation is 2. The quantitative estimate of drug-likeness (QED) is 0.790. The monoisotopic (exact) mass is 401 g/mol. The summed E-state index contributed by atoms with van der Waals surface area (Å²) in [6.07, 6.45) is 0. The molecule has 28 heavy (non-hydrogen) atoms. The fourth-order valence-corrected chi connectivity index (χ4v) is 3.71. The molecular formula is C22H28ClN3O2. The number of benzene rings is 2. The van der Waals surface area contributed by atoms with Gasteiger partial charge < -0.3 is 19.9 Å². The standard InChI is InChI=1S/C22H28ClN3O2/c1-4-25-7-9-26(10-8-25)21-6-5-18(23)14-20(21)24-22(27)15-28-19-12-16(2)11-17(3)13-19/h5-6,11-14H,4,7-10,15H2,1-3H3,(H,24,27). The van der Waals surface area contributed by atoms with Crippen LogP contribution in [-0.4, -0.2) is 50.1 Å². The third kappa shape index (κ3) is 5.40. The molecule has 1 aliphatic heterocycles. The van der Waals surface area contributed by atoms with E-state index >= 15 is 0 Å². The van der Waals surface area contributed by atoms with E-state index in [0.717, 1.165) is 55.2 Å². The number of likely N-dealkylation sites (N-methyl/N-ethyl adjacent to an activating group) is 1. The van der Waals surface area contributed by atoms with Crippen LogP contribution in [0.25, 0.3) is 0 Å². The third-order valence-electron chi connectivity index (χ3n) is 4.96. The van der Waals surface area contributed by atoms with Crippen LogP contribution < -0.4 is 15.0 Å². The molecule has 0 bridgehead atoms. The predicted octanol–water partition coefficient (Wildman–Crippen LogP) is 4.12. The Kier molecular flexibility index (Phi) is 6.81. The smallest absolute Gasteiger partial charge is 0.262 e. The lowest BCUT2D eigenvalue weighted by Crippen LogP contribution is -2.46. The summed E-state index contributed by atoms with van der Waals surface area (Å²) in [6, 6.07) is 11.6. The highest BCUT2D eigenvalue weighted by atomic mass is 35.5. The molecule has 1 amide bonds. The van der Waals surface area contributed by atoms with Crippen molar-refractivity contribution in [3.8, 4) is 5.75 Å². The fraction of sp³-hybridized carbons (Fsp3) is 0.409. The number of amides is 1. The minimum absolute atomic E-state index is 0.0432. The van der Waals surface area contributed by atoms with Gasteiger partial charge in [0.25, 0.3) is 5.91 Å². The Morgan fingerprint density at radius 2 is 1.75 bits per heavy atom. The summed E-state index contributed by atoms with van der Waals surface area (Å²) >= 11 is 6.18. The van der Waals surface area contributed by atoms with Crippen molar-refractivity contribution >= 4 is 28.9 Å². The summed E-state index contributed by atoms with van der Waals surface area (Å²) in [5.74, 6) is 0.504. The number of piperazine rings is 1. The van der Waals surface area contributed by atoms with Gasteiger partial charge in [0.15, 0.2) is 6.61 Å². The molecule has 0 atom stereocenters. The number of carbonyl (C=O) groups excluding carboxylic acids is 1. The Morgan fingerprint density at radius 3 is 2.39 bits per heavy atom. The minimum atomic E-state index is -0.199. The largest absolute Gasteiger partial charge is 0.484 e. The van der Waals surface area contributed by atoms with Crippen molar-refractivity contribution in [3.63, 3.8) is 0 Å². The van der Waals surface area contributed by atoms with E-state index in [-0.39, 0.29) is 12.5 Å². The topological polar surface area (TPSA) is 44.8 Å². The van der Waals surface area contributed by atoms with Gasteiger partial charge in [-0.15, -0.1) is 0 Å². The van der Waals surface area contributed by atoms with Gasteiger partial charge in [0.1, 0.15) is 5.75 Å². The van der Waals surface area contributed by atoms with Gasteiger partial charge in [-0.3, -0.25) is 4.79 Å². The zero-order valence-corrected chi connectivity index (χ0v) is 17.6. The maximum atomic E-state index is 12.5. The highest BCUT2D eigenvalue weighted by molar-refractivity contribution is 6.31. The molecule has 1 aliphatic rings. The highest BCUT2D eigenvalue weighted by Gasteiger charge is 2.19. The van der Waals surface area contributed by atoms with Crippen molar-refractivity contribution in [1.29, 1.82) is 0 Å². The van der Waals surface area contributed by atoms with E-state index < -0.39 is 0 Å². The molecule has 1 fully saturated rings. The maximum absolute atomic E-state index is 12.5. The Morgan fingerprint density at radius 1 is 1.07 bits per heavy atom. The van der Waals surface area contributed by atoms with Gasteiger partial charge in [0, 0.05) is 31.2 Å². The Bertz CT molecular complexity index is 812. The van der Waals surface area contributed by atoms with Crippen LogP contribution in [0.1, 0.15) is 18.1 Å². The number of hydrogen-bond acceptors (Lipinski definition) is 4. The number of carbonyl (C=O) groups is 1. The van der Waals surface area contributed by atoms with Crippen molar-refractivity contribution < 1.29 is 9.53 Å². The second-order valence-corrected chi connectivity index (χ2v) is 7.68. The molecule has 150 valence electrons. The summed E-state index contributed by atoms with van der Waals surface area (Å²) in [5.41, 5.74) is 3.95. The van der Waals surface area contributed by atoms with E-state index in [1.807, 2.05) is 38.1 Å². The average molecular weight is 402 g/mol. The highest BCUT2D eigenvalue weighted by Crippen LogP contribution is 2.30. The molecule has 0 saturated carbocycles. The van der Waals surface area contributed by atoms with Crippen molar-refractivity contribution in [2.75, 3.05) is 49.5 Å². The number of nitrogens with one attached hydrogen (secondary N) is 1. The molecule has 0 unspecified atom stereocenters. The maximum Gasteiger partial charge on any atom is 0.262 e. The first-order valence-corrected chi connectivity index (χ1v) is 10.1. The van der Waals surface area contributed by atoms with E-state index in [1.165, 1.54) is 0 Å². The summed E-state index contributed by atoms with van der Waals surface area (Å²) in [7, 11) is 0. The molecule has 3 rings (SSSR count). The molecule has 0 spiro atoms. The number of rotatable bonds is 6. The van der Waals surface area contributed by atoms with Gasteiger partial charge in [-0.1, -0.05) is 24.6 Å². The Labute approximate surface area is 172 Å². The molecule has 2 aromatic carbocycles. The molecule has 5 nitrogen and oxygen atoms in total. The van der Waals surface area contributed by atoms with Gasteiger partial charge in [0.05, 0.1) is 11.4 Å². The van der Waals surface area contributed by atoms with Crippen LogP contribution in [0.4, 0.5) is 11.4 Å². The van der Waals surface area contributed by atoms with E-state index in [0.29, 0.717) is 10.8 Å². The molecule has 0 aliphatic carbocycles. The van der Waals surface area contributed by atoms with Crippen molar-refractivity contribution in [3.05, 3.63) is 52.5 Å². The molecule has 0 radical (unpaired) electrons. The number of hydrogen-bond donors (Lipinski definition) is 1. The van der Waals surface area contributed by atoms with Crippen LogP contribution in [0.3, 0.4) is 0 Å². The van der Waals surface area contributed by atoms with Crippen LogP contribution in [0.5, 0.6) is 5.75 Å². The molecule has 1 N–H and O–H groups in total. The molecule has 1 heterocycles. The average Bonchev–Trinajstić information content (AvgIpc) is 2.66. The van der Waals surface area contributed by atoms with E-state index in [2.05, 4.69) is 28.1 Å². The van der Waals surface area contributed by atoms with Crippen molar-refractivity contribution in [2.24, 2.45) is 0 Å². The van der Waals surface area contributed by atoms with Crippen LogP contribution in [0, 0.1) is 13.8 Å². The van der Waals surface area contributed by atoms with Crippen LogP contribution in [-0.2, 0) is 4.79 Å². The van der Waals surface area contributed by atoms with Crippen molar-refractivity contribution in [1.82, 2.24) is 4.90 Å². The number of anilines is 2. The molecule has 1 saturated heterocycles. The molecule has 0 aromatic heterocycles. The number of ether oxygens (including phenoxy) is 1. The number of halogens is 1. The normalized spacial score (nSPS) is 14.8. The SMILES string of the molecule is CCN1CCN(c2ccc(Cl)cc2NC(=O)COc2cc(C)cc(C)c2)CC1. The molecular weight excluding hydrogens is 374 g/mol. The van der Waals surface area contributed by atoms with Gasteiger partial charge in [0.2, 0.25) is 0 Å². The molecule has 2 aromatic rings. The van der Waals surface area contributed by atoms with Gasteiger partial charge in [-0.2, -0.15) is 0 Å². The lowest BCUT2D eigenvalue weighted by molar-refractivity contribution is -0.118.